The van der Waals surface area contributed by atoms with E-state index in [2.05, 4.69) is 11.7 Å². The molecule has 0 unspecified atom stereocenters. The maximum Gasteiger partial charge on any atom is 0.121 e. The van der Waals surface area contributed by atoms with Crippen LogP contribution in [-0.4, -0.2) is 13.8 Å². The minimum atomic E-state index is -0.206. The van der Waals surface area contributed by atoms with Crippen molar-refractivity contribution in [3.8, 4) is 5.75 Å². The van der Waals surface area contributed by atoms with Gasteiger partial charge in [0.2, 0.25) is 0 Å². The van der Waals surface area contributed by atoms with Gasteiger partial charge in [0.05, 0.1) is 12.8 Å². The van der Waals surface area contributed by atoms with E-state index in [0.29, 0.717) is 0 Å². The highest BCUT2D eigenvalue weighted by atomic mass is 16.5. The first kappa shape index (κ1) is 11.9. The molecule has 0 bridgehead atoms. The van der Waals surface area contributed by atoms with Crippen LogP contribution in [-0.2, 0) is 5.54 Å². The van der Waals surface area contributed by atoms with Crippen molar-refractivity contribution in [1.29, 1.82) is 0 Å². The van der Waals surface area contributed by atoms with Crippen LogP contribution in [0.15, 0.2) is 23.2 Å². The first-order valence-corrected chi connectivity index (χ1v) is 5.75. The minimum Gasteiger partial charge on any atom is -0.497 e. The molecule has 0 spiro atoms. The van der Waals surface area contributed by atoms with Crippen molar-refractivity contribution in [2.24, 2.45) is 10.7 Å². The van der Waals surface area contributed by atoms with Crippen LogP contribution in [0.2, 0.25) is 0 Å². The van der Waals surface area contributed by atoms with Crippen LogP contribution in [0, 0.1) is 0 Å². The standard InChI is InChI=1S/C14H18N2O/c1-4-5-11-12(14(15)6-7-14)8-10(17-3)9-13(11)16-2/h4-5,8-9H,2,6-7,15H2,1,3H3/b5-4-. The Kier molecular flexibility index (Phi) is 3.03. The summed E-state index contributed by atoms with van der Waals surface area (Å²) < 4.78 is 5.29. The van der Waals surface area contributed by atoms with Gasteiger partial charge in [-0.05, 0) is 38.1 Å². The van der Waals surface area contributed by atoms with Gasteiger partial charge in [-0.1, -0.05) is 12.2 Å². The highest BCUT2D eigenvalue weighted by molar-refractivity contribution is 5.72. The molecule has 1 fully saturated rings. The Morgan fingerprint density at radius 2 is 2.18 bits per heavy atom. The molecule has 1 aliphatic rings. The highest BCUT2D eigenvalue weighted by Crippen LogP contribution is 2.47. The van der Waals surface area contributed by atoms with Gasteiger partial charge in [-0.2, -0.15) is 0 Å². The topological polar surface area (TPSA) is 47.6 Å². The van der Waals surface area contributed by atoms with E-state index in [1.807, 2.05) is 31.2 Å². The van der Waals surface area contributed by atoms with Crippen molar-refractivity contribution in [1.82, 2.24) is 0 Å². The van der Waals surface area contributed by atoms with Crippen LogP contribution >= 0.6 is 0 Å². The second-order valence-corrected chi connectivity index (χ2v) is 4.42. The lowest BCUT2D eigenvalue weighted by Gasteiger charge is -2.16. The molecular formula is C14H18N2O. The van der Waals surface area contributed by atoms with E-state index in [-0.39, 0.29) is 5.54 Å². The molecule has 90 valence electrons. The first-order chi connectivity index (χ1) is 8.14. The lowest BCUT2D eigenvalue weighted by atomic mass is 9.96. The average molecular weight is 230 g/mol. The Balaban J connectivity index is 2.64. The summed E-state index contributed by atoms with van der Waals surface area (Å²) in [5.41, 5.74) is 9.08. The lowest BCUT2D eigenvalue weighted by molar-refractivity contribution is 0.414. The number of hydrogen-bond acceptors (Lipinski definition) is 3. The van der Waals surface area contributed by atoms with Gasteiger partial charge in [0.25, 0.3) is 0 Å². The summed E-state index contributed by atoms with van der Waals surface area (Å²) in [6.07, 6.45) is 6.06. The monoisotopic (exact) mass is 230 g/mol. The van der Waals surface area contributed by atoms with Crippen LogP contribution in [0.4, 0.5) is 5.69 Å². The molecule has 17 heavy (non-hydrogen) atoms. The summed E-state index contributed by atoms with van der Waals surface area (Å²) in [5.74, 6) is 0.785. The number of nitrogens with two attached hydrogens (primary N) is 1. The molecule has 0 aromatic heterocycles. The van der Waals surface area contributed by atoms with E-state index in [1.54, 1.807) is 7.11 Å². The molecule has 0 radical (unpaired) electrons. The molecule has 0 aliphatic heterocycles. The third-order valence-electron chi connectivity index (χ3n) is 3.20. The Morgan fingerprint density at radius 1 is 1.47 bits per heavy atom. The van der Waals surface area contributed by atoms with Crippen LogP contribution < -0.4 is 10.5 Å². The number of rotatable bonds is 4. The molecule has 1 aliphatic carbocycles. The van der Waals surface area contributed by atoms with E-state index in [4.69, 9.17) is 10.5 Å². The number of benzene rings is 1. The number of ether oxygens (including phenoxy) is 1. The zero-order chi connectivity index (χ0) is 12.5. The van der Waals surface area contributed by atoms with E-state index in [1.165, 1.54) is 0 Å². The summed E-state index contributed by atoms with van der Waals surface area (Å²) in [6, 6.07) is 3.90. The fourth-order valence-electron chi connectivity index (χ4n) is 2.02. The maximum atomic E-state index is 6.29. The van der Waals surface area contributed by atoms with Crippen LogP contribution in [0.25, 0.3) is 6.08 Å². The largest absolute Gasteiger partial charge is 0.497 e. The van der Waals surface area contributed by atoms with Crippen molar-refractivity contribution in [2.75, 3.05) is 7.11 Å². The molecular weight excluding hydrogens is 212 g/mol. The van der Waals surface area contributed by atoms with Gasteiger partial charge in [-0.3, -0.25) is 4.99 Å². The van der Waals surface area contributed by atoms with Crippen LogP contribution in [0.1, 0.15) is 30.9 Å². The highest BCUT2D eigenvalue weighted by Gasteiger charge is 2.42. The zero-order valence-electron chi connectivity index (χ0n) is 10.4. The van der Waals surface area contributed by atoms with Crippen molar-refractivity contribution in [3.63, 3.8) is 0 Å². The van der Waals surface area contributed by atoms with Crippen molar-refractivity contribution in [2.45, 2.75) is 25.3 Å². The molecule has 2 N–H and O–H groups in total. The van der Waals surface area contributed by atoms with Crippen molar-refractivity contribution < 1.29 is 4.74 Å². The third-order valence-corrected chi connectivity index (χ3v) is 3.20. The average Bonchev–Trinajstić information content (AvgIpc) is 3.08. The van der Waals surface area contributed by atoms with E-state index < -0.39 is 0 Å². The van der Waals surface area contributed by atoms with E-state index in [9.17, 15) is 0 Å². The number of hydrogen-bond donors (Lipinski definition) is 1. The number of methoxy groups -OCH3 is 1. The fourth-order valence-corrected chi connectivity index (χ4v) is 2.02. The maximum absolute atomic E-state index is 6.29. The summed E-state index contributed by atoms with van der Waals surface area (Å²) in [7, 11) is 1.65. The third kappa shape index (κ3) is 2.11. The Bertz CT molecular complexity index is 473. The Morgan fingerprint density at radius 3 is 2.65 bits per heavy atom. The molecule has 0 saturated heterocycles. The smallest absolute Gasteiger partial charge is 0.121 e. The number of nitrogens with zero attached hydrogens (tertiary/aromatic N) is 1. The van der Waals surface area contributed by atoms with Crippen LogP contribution in [0.3, 0.4) is 0 Å². The summed E-state index contributed by atoms with van der Waals surface area (Å²) in [6.45, 7) is 5.60. The van der Waals surface area contributed by atoms with Gasteiger partial charge < -0.3 is 10.5 Å². The first-order valence-electron chi connectivity index (χ1n) is 5.75. The molecule has 0 amide bonds. The molecule has 1 aromatic carbocycles. The Labute approximate surface area is 102 Å². The second kappa shape index (κ2) is 4.34. The molecule has 1 saturated carbocycles. The van der Waals surface area contributed by atoms with E-state index in [0.717, 1.165) is 35.4 Å². The normalized spacial score (nSPS) is 17.1. The summed E-state index contributed by atoms with van der Waals surface area (Å²) in [4.78, 5) is 4.06. The van der Waals surface area contributed by atoms with Crippen molar-refractivity contribution >= 4 is 18.5 Å². The molecule has 3 heteroatoms. The fraction of sp³-hybridized carbons (Fsp3) is 0.357. The minimum absolute atomic E-state index is 0.206. The zero-order valence-corrected chi connectivity index (χ0v) is 10.4. The van der Waals surface area contributed by atoms with Gasteiger partial charge >= 0.3 is 0 Å². The number of aliphatic imine (C=N–C) groups is 1. The summed E-state index contributed by atoms with van der Waals surface area (Å²) in [5, 5.41) is 0. The Hall–Kier alpha value is -1.61. The molecule has 3 nitrogen and oxygen atoms in total. The lowest BCUT2D eigenvalue weighted by Crippen LogP contribution is -2.20. The van der Waals surface area contributed by atoms with E-state index >= 15 is 0 Å². The number of allylic oxidation sites excluding steroid dienone is 1. The van der Waals surface area contributed by atoms with Gasteiger partial charge in [-0.25, -0.2) is 0 Å². The van der Waals surface area contributed by atoms with Gasteiger partial charge in [-0.15, -0.1) is 0 Å². The predicted octanol–water partition coefficient (Wildman–Crippen LogP) is 3.01. The van der Waals surface area contributed by atoms with Crippen LogP contribution in [0.5, 0.6) is 5.75 Å². The second-order valence-electron chi connectivity index (χ2n) is 4.42. The van der Waals surface area contributed by atoms with Gasteiger partial charge in [0.15, 0.2) is 0 Å². The van der Waals surface area contributed by atoms with Crippen molar-refractivity contribution in [3.05, 3.63) is 29.3 Å². The molecule has 1 aromatic rings. The quantitative estimate of drug-likeness (QED) is 0.808. The predicted molar refractivity (Wildman–Crippen MR) is 72.0 cm³/mol. The SMILES string of the molecule is C=Nc1cc(OC)cc(C2(N)CC2)c1/C=C\C. The molecule has 0 atom stereocenters. The molecule has 0 heterocycles. The summed E-state index contributed by atoms with van der Waals surface area (Å²) >= 11 is 0. The molecule has 2 rings (SSSR count). The van der Waals surface area contributed by atoms with Gasteiger partial charge in [0, 0.05) is 17.2 Å². The van der Waals surface area contributed by atoms with Gasteiger partial charge in [0.1, 0.15) is 5.75 Å².